The maximum absolute atomic E-state index is 12.2. The highest BCUT2D eigenvalue weighted by atomic mass is 35.5. The Morgan fingerprint density at radius 2 is 2.11 bits per heavy atom. The minimum absolute atomic E-state index is 0.0919. The molecule has 0 fully saturated rings. The Morgan fingerprint density at radius 1 is 1.33 bits per heavy atom. The second-order valence-corrected chi connectivity index (χ2v) is 7.98. The molecule has 0 spiro atoms. The van der Waals surface area contributed by atoms with Crippen LogP contribution < -0.4 is 16.2 Å². The molecule has 0 aliphatic rings. The first-order valence-corrected chi connectivity index (χ1v) is 9.89. The Kier molecular flexibility index (Phi) is 5.82. The topological polar surface area (TPSA) is 75.5 Å². The van der Waals surface area contributed by atoms with Gasteiger partial charge in [-0.1, -0.05) is 25.4 Å². The lowest BCUT2D eigenvalue weighted by molar-refractivity contribution is 0.0949. The molecule has 6 nitrogen and oxygen atoms in total. The van der Waals surface area contributed by atoms with E-state index in [1.54, 1.807) is 22.6 Å². The van der Waals surface area contributed by atoms with Crippen molar-refractivity contribution in [3.8, 4) is 0 Å². The lowest BCUT2D eigenvalue weighted by atomic mass is 10.1. The normalized spacial score (nSPS) is 11.1. The van der Waals surface area contributed by atoms with Crippen LogP contribution in [0.2, 0.25) is 5.02 Å². The highest BCUT2D eigenvalue weighted by Crippen LogP contribution is 2.21. The van der Waals surface area contributed by atoms with Crippen LogP contribution in [-0.2, 0) is 6.54 Å². The molecule has 0 saturated heterocycles. The summed E-state index contributed by atoms with van der Waals surface area (Å²) in [4.78, 5) is 29.6. The number of halogens is 1. The second-order valence-electron chi connectivity index (χ2n) is 6.73. The van der Waals surface area contributed by atoms with Crippen LogP contribution in [0.25, 0.3) is 4.96 Å². The van der Waals surface area contributed by atoms with E-state index in [1.807, 2.05) is 26.2 Å². The van der Waals surface area contributed by atoms with E-state index in [2.05, 4.69) is 15.6 Å². The number of carbonyl (C=O) groups is 1. The van der Waals surface area contributed by atoms with Gasteiger partial charge in [-0.3, -0.25) is 14.0 Å². The highest BCUT2D eigenvalue weighted by molar-refractivity contribution is 7.15. The van der Waals surface area contributed by atoms with Gasteiger partial charge in [0.25, 0.3) is 11.5 Å². The summed E-state index contributed by atoms with van der Waals surface area (Å²) in [5, 5.41) is 8.33. The molecule has 2 heterocycles. The molecule has 0 unspecified atom stereocenters. The van der Waals surface area contributed by atoms with Crippen LogP contribution in [0.15, 0.2) is 34.4 Å². The van der Waals surface area contributed by atoms with Crippen molar-refractivity contribution in [1.82, 2.24) is 14.7 Å². The molecule has 0 atom stereocenters. The largest absolute Gasteiger partial charge is 0.379 e. The average molecular weight is 405 g/mol. The van der Waals surface area contributed by atoms with E-state index in [1.165, 1.54) is 17.4 Å². The Balaban J connectivity index is 1.71. The lowest BCUT2D eigenvalue weighted by Gasteiger charge is -2.11. The molecule has 1 aromatic carbocycles. The summed E-state index contributed by atoms with van der Waals surface area (Å²) in [6.07, 6.45) is 0. The van der Waals surface area contributed by atoms with E-state index in [4.69, 9.17) is 11.6 Å². The van der Waals surface area contributed by atoms with Crippen molar-refractivity contribution >= 4 is 39.5 Å². The van der Waals surface area contributed by atoms with E-state index in [0.29, 0.717) is 40.2 Å². The maximum atomic E-state index is 12.2. The molecule has 3 aromatic rings. The fraction of sp³-hybridized carbons (Fsp3) is 0.316. The van der Waals surface area contributed by atoms with Gasteiger partial charge in [-0.15, -0.1) is 11.3 Å². The van der Waals surface area contributed by atoms with Gasteiger partial charge in [-0.2, -0.15) is 0 Å². The number of rotatable bonds is 6. The summed E-state index contributed by atoms with van der Waals surface area (Å²) < 4.78 is 1.59. The molecule has 2 aromatic heterocycles. The van der Waals surface area contributed by atoms with Crippen LogP contribution >= 0.6 is 22.9 Å². The molecule has 2 N–H and O–H groups in total. The monoisotopic (exact) mass is 404 g/mol. The number of hydrogen-bond acceptors (Lipinski definition) is 5. The average Bonchev–Trinajstić information content (AvgIpc) is 2.99. The molecular weight excluding hydrogens is 384 g/mol. The number of benzene rings is 1. The van der Waals surface area contributed by atoms with Crippen molar-refractivity contribution in [3.05, 3.63) is 62.0 Å². The summed E-state index contributed by atoms with van der Waals surface area (Å²) in [6.45, 7) is 6.93. The number of amides is 1. The van der Waals surface area contributed by atoms with Crippen LogP contribution in [0.5, 0.6) is 0 Å². The van der Waals surface area contributed by atoms with Crippen molar-refractivity contribution in [3.63, 3.8) is 0 Å². The molecule has 0 saturated carbocycles. The smallest absolute Gasteiger partial charge is 0.259 e. The van der Waals surface area contributed by atoms with Gasteiger partial charge in [0.15, 0.2) is 4.96 Å². The molecule has 142 valence electrons. The number of hydrogen-bond donors (Lipinski definition) is 2. The summed E-state index contributed by atoms with van der Waals surface area (Å²) in [5.74, 6) is 0.183. The number of nitrogens with zero attached hydrogens (tertiary/aromatic N) is 2. The van der Waals surface area contributed by atoms with Crippen LogP contribution in [0.3, 0.4) is 0 Å². The Labute approximate surface area is 166 Å². The summed E-state index contributed by atoms with van der Waals surface area (Å²) in [6, 6.07) is 6.70. The second kappa shape index (κ2) is 8.10. The summed E-state index contributed by atoms with van der Waals surface area (Å²) in [5.41, 5.74) is 2.63. The van der Waals surface area contributed by atoms with Gasteiger partial charge in [0.2, 0.25) is 0 Å². The first-order chi connectivity index (χ1) is 12.8. The third-order valence-corrected chi connectivity index (χ3v) is 5.24. The molecule has 1 amide bonds. The van der Waals surface area contributed by atoms with Gasteiger partial charge in [0, 0.05) is 29.4 Å². The SMILES string of the molecule is Cc1csc2nc(CNc3ccc(C(=O)NCC(C)C)c(Cl)c3)cc(=O)n12. The zero-order valence-electron chi connectivity index (χ0n) is 15.4. The standard InChI is InChI=1S/C19H21ClN4O2S/c1-11(2)8-22-18(26)15-5-4-13(6-16(15)20)21-9-14-7-17(25)24-12(3)10-27-19(24)23-14/h4-7,10-11,21H,8-9H2,1-3H3,(H,22,26). The third-order valence-electron chi connectivity index (χ3n) is 3.99. The number of anilines is 1. The van der Waals surface area contributed by atoms with E-state index < -0.39 is 0 Å². The quantitative estimate of drug-likeness (QED) is 0.656. The predicted octanol–water partition coefficient (Wildman–Crippen LogP) is 3.72. The highest BCUT2D eigenvalue weighted by Gasteiger charge is 2.12. The predicted molar refractivity (Wildman–Crippen MR) is 110 cm³/mol. The van der Waals surface area contributed by atoms with E-state index in [0.717, 1.165) is 11.4 Å². The first kappa shape index (κ1) is 19.4. The van der Waals surface area contributed by atoms with Crippen molar-refractivity contribution < 1.29 is 4.79 Å². The molecule has 0 bridgehead atoms. The minimum Gasteiger partial charge on any atom is -0.379 e. The van der Waals surface area contributed by atoms with Crippen molar-refractivity contribution in [1.29, 1.82) is 0 Å². The molecule has 0 radical (unpaired) electrons. The van der Waals surface area contributed by atoms with E-state index in [-0.39, 0.29) is 11.5 Å². The lowest BCUT2D eigenvalue weighted by Crippen LogP contribution is -2.27. The van der Waals surface area contributed by atoms with Crippen molar-refractivity contribution in [2.45, 2.75) is 27.3 Å². The molecule has 0 aliphatic heterocycles. The van der Waals surface area contributed by atoms with Crippen LogP contribution in [0.4, 0.5) is 5.69 Å². The molecule has 8 heteroatoms. The number of aryl methyl sites for hydroxylation is 1. The molecule has 3 rings (SSSR count). The van der Waals surface area contributed by atoms with Crippen molar-refractivity contribution in [2.75, 3.05) is 11.9 Å². The zero-order valence-corrected chi connectivity index (χ0v) is 16.9. The van der Waals surface area contributed by atoms with Gasteiger partial charge in [0.05, 0.1) is 22.8 Å². The van der Waals surface area contributed by atoms with Gasteiger partial charge >= 0.3 is 0 Å². The number of nitrogens with one attached hydrogen (secondary N) is 2. The molecule has 0 aliphatic carbocycles. The van der Waals surface area contributed by atoms with Crippen LogP contribution in [0.1, 0.15) is 35.6 Å². The van der Waals surface area contributed by atoms with Gasteiger partial charge in [-0.05, 0) is 31.0 Å². The third kappa shape index (κ3) is 4.48. The van der Waals surface area contributed by atoms with Crippen LogP contribution in [0, 0.1) is 12.8 Å². The minimum atomic E-state index is -0.187. The Bertz CT molecular complexity index is 1040. The number of aromatic nitrogens is 2. The maximum Gasteiger partial charge on any atom is 0.259 e. The summed E-state index contributed by atoms with van der Waals surface area (Å²) >= 11 is 7.70. The fourth-order valence-corrected chi connectivity index (χ4v) is 3.74. The number of thiazole rings is 1. The number of fused-ring (bicyclic) bond motifs is 1. The Hall–Kier alpha value is -2.38. The van der Waals surface area contributed by atoms with E-state index in [9.17, 15) is 9.59 Å². The van der Waals surface area contributed by atoms with E-state index >= 15 is 0 Å². The molecular formula is C19H21ClN4O2S. The Morgan fingerprint density at radius 3 is 2.81 bits per heavy atom. The van der Waals surface area contributed by atoms with Crippen molar-refractivity contribution in [2.24, 2.45) is 5.92 Å². The molecule has 27 heavy (non-hydrogen) atoms. The van der Waals surface area contributed by atoms with Gasteiger partial charge in [-0.25, -0.2) is 4.98 Å². The summed E-state index contributed by atoms with van der Waals surface area (Å²) in [7, 11) is 0. The van der Waals surface area contributed by atoms with Gasteiger partial charge < -0.3 is 10.6 Å². The fourth-order valence-electron chi connectivity index (χ4n) is 2.59. The van der Waals surface area contributed by atoms with Crippen LogP contribution in [-0.4, -0.2) is 21.8 Å². The first-order valence-electron chi connectivity index (χ1n) is 8.63. The number of carbonyl (C=O) groups excluding carboxylic acids is 1. The van der Waals surface area contributed by atoms with Gasteiger partial charge in [0.1, 0.15) is 0 Å². The zero-order chi connectivity index (χ0) is 19.6.